The zero-order valence-electron chi connectivity index (χ0n) is 13.4. The van der Waals surface area contributed by atoms with Crippen LogP contribution in [0.1, 0.15) is 11.3 Å². The number of nitrogens with zero attached hydrogens (tertiary/aromatic N) is 3. The van der Waals surface area contributed by atoms with Gasteiger partial charge in [-0.2, -0.15) is 0 Å². The number of carbonyl (C=O) groups excluding carboxylic acids is 2. The van der Waals surface area contributed by atoms with E-state index in [1.807, 2.05) is 30.3 Å². The van der Waals surface area contributed by atoms with Crippen LogP contribution in [0.15, 0.2) is 47.0 Å². The van der Waals surface area contributed by atoms with E-state index in [2.05, 4.69) is 25.9 Å². The van der Waals surface area contributed by atoms with Crippen LogP contribution >= 0.6 is 15.9 Å². The van der Waals surface area contributed by atoms with Crippen LogP contribution in [-0.2, 0) is 16.0 Å². The van der Waals surface area contributed by atoms with Crippen molar-refractivity contribution >= 4 is 33.8 Å². The Morgan fingerprint density at radius 3 is 2.58 bits per heavy atom. The normalized spacial score (nSPS) is 20.1. The van der Waals surface area contributed by atoms with Gasteiger partial charge in [0.25, 0.3) is 5.91 Å². The molecule has 1 aliphatic rings. The highest BCUT2D eigenvalue weighted by molar-refractivity contribution is 9.10. The van der Waals surface area contributed by atoms with Gasteiger partial charge in [0.15, 0.2) is 0 Å². The lowest BCUT2D eigenvalue weighted by Gasteiger charge is -2.38. The molecule has 3 rings (SSSR count). The maximum atomic E-state index is 12.8. The van der Waals surface area contributed by atoms with Gasteiger partial charge in [-0.3, -0.25) is 9.59 Å². The number of aromatic nitrogens is 2. The van der Waals surface area contributed by atoms with Gasteiger partial charge in [0.1, 0.15) is 16.3 Å². The lowest BCUT2D eigenvalue weighted by molar-refractivity contribution is -0.148. The molecule has 7 heteroatoms. The predicted octanol–water partition coefficient (Wildman–Crippen LogP) is 2.05. The van der Waals surface area contributed by atoms with Gasteiger partial charge in [0, 0.05) is 20.5 Å². The number of halogens is 1. The largest absolute Gasteiger partial charge is 0.339 e. The van der Waals surface area contributed by atoms with Gasteiger partial charge in [-0.15, -0.1) is 0 Å². The molecule has 1 saturated heterocycles. The molecule has 6 nitrogen and oxygen atoms in total. The van der Waals surface area contributed by atoms with Gasteiger partial charge in [-0.1, -0.05) is 30.3 Å². The average Bonchev–Trinajstić information content (AvgIpc) is 2.99. The van der Waals surface area contributed by atoms with E-state index in [0.717, 1.165) is 5.56 Å². The summed E-state index contributed by atoms with van der Waals surface area (Å²) in [5.74, 6) is -0.313. The molecule has 1 N–H and O–H groups in total. The van der Waals surface area contributed by atoms with Crippen molar-refractivity contribution in [2.24, 2.45) is 0 Å². The van der Waals surface area contributed by atoms with Crippen molar-refractivity contribution in [3.8, 4) is 0 Å². The molecule has 0 aliphatic carbocycles. The Morgan fingerprint density at radius 1 is 1.25 bits per heavy atom. The van der Waals surface area contributed by atoms with Gasteiger partial charge < -0.3 is 14.8 Å². The van der Waals surface area contributed by atoms with Crippen molar-refractivity contribution in [3.05, 3.63) is 58.2 Å². The molecule has 1 unspecified atom stereocenters. The molecular formula is C17H17BrN4O2. The standard InChI is InChI=1S/C17H17BrN4O2/c1-21-13(8-11-6-4-3-5-7-11)16(23)22(2)14(17(21)24)9-12-15(18)20-10-19-12/h3-7,9-10,13H,8H2,1-2H3,(H,19,20)/b14-9+. The van der Waals surface area contributed by atoms with Crippen molar-refractivity contribution < 1.29 is 9.59 Å². The quantitative estimate of drug-likeness (QED) is 0.818. The van der Waals surface area contributed by atoms with Gasteiger partial charge in [-0.05, 0) is 27.6 Å². The lowest BCUT2D eigenvalue weighted by atomic mass is 10.0. The Balaban J connectivity index is 1.89. The first-order chi connectivity index (χ1) is 11.5. The summed E-state index contributed by atoms with van der Waals surface area (Å²) in [6.07, 6.45) is 3.62. The van der Waals surface area contributed by atoms with Crippen LogP contribution in [0.5, 0.6) is 0 Å². The molecule has 1 fully saturated rings. The van der Waals surface area contributed by atoms with Crippen LogP contribution in [0, 0.1) is 0 Å². The van der Waals surface area contributed by atoms with E-state index >= 15 is 0 Å². The lowest BCUT2D eigenvalue weighted by Crippen LogP contribution is -2.56. The number of aromatic amines is 1. The number of hydrogen-bond donors (Lipinski definition) is 1. The highest BCUT2D eigenvalue weighted by Crippen LogP contribution is 2.24. The first-order valence-electron chi connectivity index (χ1n) is 7.48. The maximum absolute atomic E-state index is 12.8. The number of rotatable bonds is 3. The molecule has 124 valence electrons. The number of likely N-dealkylation sites (N-methyl/N-ethyl adjacent to an activating group) is 2. The number of imidazole rings is 1. The molecule has 1 aromatic carbocycles. The number of benzene rings is 1. The smallest absolute Gasteiger partial charge is 0.271 e. The second kappa shape index (κ2) is 6.60. The first-order valence-corrected chi connectivity index (χ1v) is 8.27. The van der Waals surface area contributed by atoms with Crippen molar-refractivity contribution in [1.82, 2.24) is 19.8 Å². The SMILES string of the molecule is CN1C(=O)C(Cc2ccccc2)N(C)C(=O)/C1=C\c1nc[nH]c1Br. The van der Waals surface area contributed by atoms with Crippen LogP contribution < -0.4 is 0 Å². The second-order valence-corrected chi connectivity index (χ2v) is 6.44. The van der Waals surface area contributed by atoms with Crippen LogP contribution in [0.2, 0.25) is 0 Å². The Kier molecular flexibility index (Phi) is 4.53. The minimum atomic E-state index is -0.510. The summed E-state index contributed by atoms with van der Waals surface area (Å²) in [4.78, 5) is 35.4. The summed E-state index contributed by atoms with van der Waals surface area (Å²) in [6, 6.07) is 9.18. The summed E-state index contributed by atoms with van der Waals surface area (Å²) in [6.45, 7) is 0. The molecule has 0 bridgehead atoms. The van der Waals surface area contributed by atoms with Crippen LogP contribution in [0.3, 0.4) is 0 Å². The molecule has 2 amide bonds. The minimum absolute atomic E-state index is 0.112. The van der Waals surface area contributed by atoms with Crippen molar-refractivity contribution in [2.75, 3.05) is 14.1 Å². The third-order valence-electron chi connectivity index (χ3n) is 4.15. The van der Waals surface area contributed by atoms with Crippen LogP contribution in [0.25, 0.3) is 6.08 Å². The van der Waals surface area contributed by atoms with Crippen LogP contribution in [-0.4, -0.2) is 51.7 Å². The van der Waals surface area contributed by atoms with Crippen LogP contribution in [0.4, 0.5) is 0 Å². The minimum Gasteiger partial charge on any atom is -0.339 e. The number of hydrogen-bond acceptors (Lipinski definition) is 3. The molecule has 0 saturated carbocycles. The first kappa shape index (κ1) is 16.4. The Hall–Kier alpha value is -2.41. The summed E-state index contributed by atoms with van der Waals surface area (Å²) in [7, 11) is 3.28. The fraction of sp³-hybridized carbons (Fsp3) is 0.235. The number of amides is 2. The Bertz CT molecular complexity index is 800. The third kappa shape index (κ3) is 2.99. The molecule has 1 atom stereocenters. The molecule has 0 radical (unpaired) electrons. The summed E-state index contributed by atoms with van der Waals surface area (Å²) >= 11 is 3.33. The molecule has 1 aromatic heterocycles. The van der Waals surface area contributed by atoms with E-state index in [0.29, 0.717) is 22.4 Å². The molecule has 2 heterocycles. The van der Waals surface area contributed by atoms with Gasteiger partial charge in [0.05, 0.1) is 12.0 Å². The highest BCUT2D eigenvalue weighted by Gasteiger charge is 2.39. The molecular weight excluding hydrogens is 372 g/mol. The van der Waals surface area contributed by atoms with E-state index in [4.69, 9.17) is 0 Å². The number of H-pyrrole nitrogens is 1. The average molecular weight is 389 g/mol. The molecule has 1 aliphatic heterocycles. The number of nitrogens with one attached hydrogen (secondary N) is 1. The Morgan fingerprint density at radius 2 is 1.96 bits per heavy atom. The number of carbonyl (C=O) groups is 2. The van der Waals surface area contributed by atoms with E-state index in [9.17, 15) is 9.59 Å². The van der Waals surface area contributed by atoms with Crippen molar-refractivity contribution in [3.63, 3.8) is 0 Å². The summed E-state index contributed by atoms with van der Waals surface area (Å²) < 4.78 is 0.665. The predicted molar refractivity (Wildman–Crippen MR) is 93.7 cm³/mol. The summed E-state index contributed by atoms with van der Waals surface area (Å²) in [5.41, 5.74) is 1.90. The maximum Gasteiger partial charge on any atom is 0.271 e. The zero-order chi connectivity index (χ0) is 17.3. The van der Waals surface area contributed by atoms with Crippen molar-refractivity contribution in [1.29, 1.82) is 0 Å². The van der Waals surface area contributed by atoms with E-state index in [-0.39, 0.29) is 11.8 Å². The molecule has 24 heavy (non-hydrogen) atoms. The van der Waals surface area contributed by atoms with Gasteiger partial charge >= 0.3 is 0 Å². The van der Waals surface area contributed by atoms with Gasteiger partial charge in [-0.25, -0.2) is 4.98 Å². The van der Waals surface area contributed by atoms with E-state index < -0.39 is 6.04 Å². The Labute approximate surface area is 148 Å². The fourth-order valence-corrected chi connectivity index (χ4v) is 3.03. The zero-order valence-corrected chi connectivity index (χ0v) is 14.9. The fourth-order valence-electron chi connectivity index (χ4n) is 2.71. The molecule has 0 spiro atoms. The summed E-state index contributed by atoms with van der Waals surface area (Å²) in [5, 5.41) is 0. The number of piperazine rings is 1. The highest BCUT2D eigenvalue weighted by atomic mass is 79.9. The third-order valence-corrected chi connectivity index (χ3v) is 4.78. The van der Waals surface area contributed by atoms with E-state index in [1.54, 1.807) is 20.2 Å². The van der Waals surface area contributed by atoms with E-state index in [1.165, 1.54) is 16.1 Å². The monoisotopic (exact) mass is 388 g/mol. The molecule has 2 aromatic rings. The van der Waals surface area contributed by atoms with Gasteiger partial charge in [0.2, 0.25) is 5.91 Å². The topological polar surface area (TPSA) is 69.3 Å². The van der Waals surface area contributed by atoms with Crippen molar-refractivity contribution in [2.45, 2.75) is 12.5 Å². The second-order valence-electron chi connectivity index (χ2n) is 5.65.